The summed E-state index contributed by atoms with van der Waals surface area (Å²) in [5.41, 5.74) is 3.85. The smallest absolute Gasteiger partial charge is 0.224 e. The zero-order valence-corrected chi connectivity index (χ0v) is 18.1. The first-order valence-electron chi connectivity index (χ1n) is 10.1. The SMILES string of the molecule is CC(C)CC(=O)Nc1cccc(NCc2ccc(OCc3ccccc3)c(Cl)c2)c1. The number of ether oxygens (including phenoxy) is 1. The minimum atomic E-state index is 0.0278. The Balaban J connectivity index is 1.55. The van der Waals surface area contributed by atoms with E-state index in [9.17, 15) is 4.79 Å². The van der Waals surface area contributed by atoms with Crippen LogP contribution in [0.3, 0.4) is 0 Å². The largest absolute Gasteiger partial charge is 0.487 e. The lowest BCUT2D eigenvalue weighted by Crippen LogP contribution is -2.13. The number of hydrogen-bond acceptors (Lipinski definition) is 3. The third kappa shape index (κ3) is 6.82. The molecule has 5 heteroatoms. The minimum absolute atomic E-state index is 0.0278. The maximum absolute atomic E-state index is 12.0. The number of hydrogen-bond donors (Lipinski definition) is 2. The van der Waals surface area contributed by atoms with Crippen LogP contribution in [0.4, 0.5) is 11.4 Å². The molecule has 30 heavy (non-hydrogen) atoms. The van der Waals surface area contributed by atoms with Crippen molar-refractivity contribution in [3.8, 4) is 5.75 Å². The predicted molar refractivity (Wildman–Crippen MR) is 124 cm³/mol. The second-order valence-corrected chi connectivity index (χ2v) is 8.03. The minimum Gasteiger partial charge on any atom is -0.487 e. The monoisotopic (exact) mass is 422 g/mol. The number of benzene rings is 3. The van der Waals surface area contributed by atoms with E-state index in [1.807, 2.05) is 86.6 Å². The highest BCUT2D eigenvalue weighted by Gasteiger charge is 2.07. The van der Waals surface area contributed by atoms with Gasteiger partial charge < -0.3 is 15.4 Å². The summed E-state index contributed by atoms with van der Waals surface area (Å²) in [7, 11) is 0. The lowest BCUT2D eigenvalue weighted by Gasteiger charge is -2.12. The van der Waals surface area contributed by atoms with E-state index < -0.39 is 0 Å². The molecule has 3 aromatic carbocycles. The summed E-state index contributed by atoms with van der Waals surface area (Å²) in [5.74, 6) is 1.02. The van der Waals surface area contributed by atoms with Crippen LogP contribution in [0.2, 0.25) is 5.02 Å². The lowest BCUT2D eigenvalue weighted by atomic mass is 10.1. The fourth-order valence-corrected chi connectivity index (χ4v) is 3.26. The molecule has 0 heterocycles. The van der Waals surface area contributed by atoms with Crippen LogP contribution in [0.1, 0.15) is 31.4 Å². The van der Waals surface area contributed by atoms with Gasteiger partial charge in [-0.05, 0) is 47.4 Å². The van der Waals surface area contributed by atoms with Crippen LogP contribution in [-0.4, -0.2) is 5.91 Å². The highest BCUT2D eigenvalue weighted by molar-refractivity contribution is 6.32. The van der Waals surface area contributed by atoms with Crippen LogP contribution in [-0.2, 0) is 17.9 Å². The van der Waals surface area contributed by atoms with E-state index in [1.165, 1.54) is 0 Å². The normalized spacial score (nSPS) is 10.7. The molecule has 3 aromatic rings. The van der Waals surface area contributed by atoms with E-state index in [0.717, 1.165) is 22.5 Å². The summed E-state index contributed by atoms with van der Waals surface area (Å²) in [4.78, 5) is 12.0. The fraction of sp³-hybridized carbons (Fsp3) is 0.240. The highest BCUT2D eigenvalue weighted by atomic mass is 35.5. The van der Waals surface area contributed by atoms with Gasteiger partial charge in [-0.1, -0.05) is 67.9 Å². The third-order valence-electron chi connectivity index (χ3n) is 4.47. The molecule has 0 aliphatic heterocycles. The van der Waals surface area contributed by atoms with Gasteiger partial charge in [0.25, 0.3) is 0 Å². The average molecular weight is 423 g/mol. The molecule has 0 unspecified atom stereocenters. The van der Waals surface area contributed by atoms with Crippen molar-refractivity contribution in [1.82, 2.24) is 0 Å². The Morgan fingerprint density at radius 1 is 0.933 bits per heavy atom. The van der Waals surface area contributed by atoms with Crippen LogP contribution in [0.25, 0.3) is 0 Å². The molecule has 0 aliphatic rings. The summed E-state index contributed by atoms with van der Waals surface area (Å²) in [5, 5.41) is 6.89. The molecule has 0 aromatic heterocycles. The first-order valence-corrected chi connectivity index (χ1v) is 10.5. The molecule has 0 bridgehead atoms. The molecule has 0 atom stereocenters. The Labute approximate surface area is 183 Å². The van der Waals surface area contributed by atoms with Crippen LogP contribution in [0, 0.1) is 5.92 Å². The van der Waals surface area contributed by atoms with Crippen LogP contribution in [0.5, 0.6) is 5.75 Å². The number of rotatable bonds is 9. The number of amides is 1. The molecule has 0 radical (unpaired) electrons. The number of carbonyl (C=O) groups excluding carboxylic acids is 1. The van der Waals surface area contributed by atoms with Gasteiger partial charge in [0, 0.05) is 24.3 Å². The fourth-order valence-electron chi connectivity index (χ4n) is 3.00. The van der Waals surface area contributed by atoms with E-state index in [1.54, 1.807) is 0 Å². The number of nitrogens with one attached hydrogen (secondary N) is 2. The summed E-state index contributed by atoms with van der Waals surface area (Å²) in [6, 6.07) is 23.5. The van der Waals surface area contributed by atoms with Crippen molar-refractivity contribution in [2.75, 3.05) is 10.6 Å². The van der Waals surface area contributed by atoms with Crippen molar-refractivity contribution >= 4 is 28.9 Å². The molecule has 4 nitrogen and oxygen atoms in total. The molecular formula is C25H27ClN2O2. The zero-order chi connectivity index (χ0) is 21.3. The molecular weight excluding hydrogens is 396 g/mol. The molecule has 0 saturated carbocycles. The Morgan fingerprint density at radius 3 is 2.43 bits per heavy atom. The second kappa shape index (κ2) is 10.7. The molecule has 0 aliphatic carbocycles. The van der Waals surface area contributed by atoms with Gasteiger partial charge in [0.1, 0.15) is 12.4 Å². The van der Waals surface area contributed by atoms with E-state index in [2.05, 4.69) is 10.6 Å². The van der Waals surface area contributed by atoms with Crippen molar-refractivity contribution in [3.05, 3.63) is 88.9 Å². The lowest BCUT2D eigenvalue weighted by molar-refractivity contribution is -0.116. The zero-order valence-electron chi connectivity index (χ0n) is 17.3. The summed E-state index contributed by atoms with van der Waals surface area (Å²) >= 11 is 6.40. The molecule has 2 N–H and O–H groups in total. The second-order valence-electron chi connectivity index (χ2n) is 7.62. The Bertz CT molecular complexity index is 974. The first kappa shape index (κ1) is 21.7. The molecule has 0 spiro atoms. The van der Waals surface area contributed by atoms with Gasteiger partial charge in [-0.2, -0.15) is 0 Å². The van der Waals surface area contributed by atoms with Gasteiger partial charge in [-0.15, -0.1) is 0 Å². The van der Waals surface area contributed by atoms with Gasteiger partial charge in [0.15, 0.2) is 0 Å². The van der Waals surface area contributed by atoms with Gasteiger partial charge in [-0.3, -0.25) is 4.79 Å². The summed E-state index contributed by atoms with van der Waals surface area (Å²) in [6.07, 6.45) is 0.509. The Hall–Kier alpha value is -2.98. The van der Waals surface area contributed by atoms with E-state index in [0.29, 0.717) is 36.3 Å². The van der Waals surface area contributed by atoms with E-state index in [-0.39, 0.29) is 5.91 Å². The predicted octanol–water partition coefficient (Wildman–Crippen LogP) is 6.52. The average Bonchev–Trinajstić information content (AvgIpc) is 2.72. The third-order valence-corrected chi connectivity index (χ3v) is 4.77. The van der Waals surface area contributed by atoms with E-state index >= 15 is 0 Å². The van der Waals surface area contributed by atoms with Crippen molar-refractivity contribution in [1.29, 1.82) is 0 Å². The van der Waals surface area contributed by atoms with Gasteiger partial charge >= 0.3 is 0 Å². The van der Waals surface area contributed by atoms with Crippen molar-refractivity contribution in [2.24, 2.45) is 5.92 Å². The number of anilines is 2. The highest BCUT2D eigenvalue weighted by Crippen LogP contribution is 2.27. The van der Waals surface area contributed by atoms with Gasteiger partial charge in [0.2, 0.25) is 5.91 Å². The summed E-state index contributed by atoms with van der Waals surface area (Å²) in [6.45, 7) is 5.15. The van der Waals surface area contributed by atoms with Crippen LogP contribution < -0.4 is 15.4 Å². The Kier molecular flexibility index (Phi) is 7.75. The first-order chi connectivity index (χ1) is 14.5. The number of halogens is 1. The van der Waals surface area contributed by atoms with Crippen molar-refractivity contribution in [3.63, 3.8) is 0 Å². The molecule has 156 valence electrons. The molecule has 0 saturated heterocycles. The van der Waals surface area contributed by atoms with Gasteiger partial charge in [0.05, 0.1) is 5.02 Å². The summed E-state index contributed by atoms with van der Waals surface area (Å²) < 4.78 is 5.83. The molecule has 1 amide bonds. The maximum Gasteiger partial charge on any atom is 0.224 e. The van der Waals surface area contributed by atoms with Crippen molar-refractivity contribution in [2.45, 2.75) is 33.4 Å². The van der Waals surface area contributed by atoms with Crippen molar-refractivity contribution < 1.29 is 9.53 Å². The van der Waals surface area contributed by atoms with Crippen LogP contribution in [0.15, 0.2) is 72.8 Å². The van der Waals surface area contributed by atoms with Gasteiger partial charge in [-0.25, -0.2) is 0 Å². The quantitative estimate of drug-likeness (QED) is 0.413. The molecule has 0 fully saturated rings. The number of carbonyl (C=O) groups is 1. The standard InChI is InChI=1S/C25H27ClN2O2/c1-18(2)13-25(29)28-22-10-6-9-21(15-22)27-16-20-11-12-24(23(26)14-20)30-17-19-7-4-3-5-8-19/h3-12,14-15,18,27H,13,16-17H2,1-2H3,(H,28,29). The molecule has 3 rings (SSSR count). The van der Waals surface area contributed by atoms with E-state index in [4.69, 9.17) is 16.3 Å². The van der Waals surface area contributed by atoms with Crippen LogP contribution >= 0.6 is 11.6 Å². The maximum atomic E-state index is 12.0. The topological polar surface area (TPSA) is 50.4 Å². The Morgan fingerprint density at radius 2 is 1.70 bits per heavy atom.